The SMILES string of the molecule is CCOC(=O)c1sc(Nc2nc(-c3ccc(C(=O)[SH]4CCNCC4)cc3)cc(N3CCC(O)CC3)n2)nc1C. The van der Waals surface area contributed by atoms with Crippen LogP contribution < -0.4 is 15.5 Å². The van der Waals surface area contributed by atoms with Gasteiger partial charge in [-0.05, 0) is 50.3 Å². The number of aromatic nitrogens is 3. The van der Waals surface area contributed by atoms with Gasteiger partial charge >= 0.3 is 5.97 Å². The molecule has 1 aromatic carbocycles. The van der Waals surface area contributed by atoms with Crippen molar-refractivity contribution in [2.24, 2.45) is 0 Å². The van der Waals surface area contributed by atoms with Crippen LogP contribution in [-0.4, -0.2) is 81.5 Å². The number of anilines is 3. The predicted molar refractivity (Wildman–Crippen MR) is 157 cm³/mol. The van der Waals surface area contributed by atoms with E-state index in [1.165, 1.54) is 11.3 Å². The average molecular weight is 571 g/mol. The molecule has 0 bridgehead atoms. The quantitative estimate of drug-likeness (QED) is 0.247. The van der Waals surface area contributed by atoms with Gasteiger partial charge in [0.25, 0.3) is 0 Å². The van der Waals surface area contributed by atoms with Crippen molar-refractivity contribution in [1.82, 2.24) is 20.3 Å². The highest BCUT2D eigenvalue weighted by molar-refractivity contribution is 8.30. The number of esters is 1. The zero-order chi connectivity index (χ0) is 27.4. The van der Waals surface area contributed by atoms with Gasteiger partial charge in [-0.15, -0.1) is 0 Å². The first-order valence-corrected chi connectivity index (χ1v) is 15.8. The van der Waals surface area contributed by atoms with Crippen LogP contribution in [0.4, 0.5) is 16.9 Å². The Morgan fingerprint density at radius 1 is 1.15 bits per heavy atom. The van der Waals surface area contributed by atoms with Crippen LogP contribution in [-0.2, 0) is 4.74 Å². The molecule has 5 rings (SSSR count). The van der Waals surface area contributed by atoms with E-state index in [0.717, 1.165) is 41.5 Å². The van der Waals surface area contributed by atoms with Gasteiger partial charge in [0.1, 0.15) is 10.7 Å². The number of nitrogens with one attached hydrogen (secondary N) is 2. The fourth-order valence-corrected chi connectivity index (χ4v) is 7.51. The molecule has 0 radical (unpaired) electrons. The highest BCUT2D eigenvalue weighted by Crippen LogP contribution is 2.33. The molecular weight excluding hydrogens is 536 g/mol. The Hall–Kier alpha value is -3.06. The van der Waals surface area contributed by atoms with Gasteiger partial charge in [0.15, 0.2) is 10.2 Å². The van der Waals surface area contributed by atoms with Crippen LogP contribution in [0.2, 0.25) is 0 Å². The van der Waals surface area contributed by atoms with E-state index in [4.69, 9.17) is 14.7 Å². The van der Waals surface area contributed by atoms with E-state index in [1.54, 1.807) is 13.8 Å². The second-order valence-electron chi connectivity index (χ2n) is 9.55. The number of thiol groups is 1. The van der Waals surface area contributed by atoms with Gasteiger partial charge < -0.3 is 20.1 Å². The highest BCUT2D eigenvalue weighted by Gasteiger charge is 2.22. The number of piperidine rings is 1. The van der Waals surface area contributed by atoms with E-state index in [1.807, 2.05) is 30.3 Å². The fourth-order valence-electron chi connectivity index (χ4n) is 4.66. The smallest absolute Gasteiger partial charge is 0.350 e. The van der Waals surface area contributed by atoms with Gasteiger partial charge in [-0.3, -0.25) is 10.1 Å². The molecule has 0 atom stereocenters. The number of aryl methyl sites for hydroxylation is 1. The lowest BCUT2D eigenvalue weighted by Gasteiger charge is -2.30. The topological polar surface area (TPSA) is 130 Å². The number of hydrogen-bond donors (Lipinski definition) is 4. The summed E-state index contributed by atoms with van der Waals surface area (Å²) in [5.74, 6) is 2.56. The Bertz CT molecular complexity index is 1320. The van der Waals surface area contributed by atoms with E-state index in [0.29, 0.717) is 59.9 Å². The summed E-state index contributed by atoms with van der Waals surface area (Å²) in [5.41, 5.74) is 2.90. The molecule has 208 valence electrons. The maximum Gasteiger partial charge on any atom is 0.350 e. The summed E-state index contributed by atoms with van der Waals surface area (Å²) >= 11 is 1.20. The summed E-state index contributed by atoms with van der Waals surface area (Å²) in [7, 11) is -0.635. The van der Waals surface area contributed by atoms with E-state index in [-0.39, 0.29) is 11.2 Å². The molecular formula is C27H34N6O4S2. The normalized spacial score (nSPS) is 17.2. The molecule has 0 aliphatic carbocycles. The number of thiazole rings is 1. The first-order valence-electron chi connectivity index (χ1n) is 13.3. The van der Waals surface area contributed by atoms with Crippen molar-refractivity contribution in [2.45, 2.75) is 32.8 Å². The molecule has 0 spiro atoms. The maximum absolute atomic E-state index is 13.0. The lowest BCUT2D eigenvalue weighted by Crippen LogP contribution is -2.36. The van der Waals surface area contributed by atoms with Crippen molar-refractivity contribution in [2.75, 3.05) is 54.5 Å². The Balaban J connectivity index is 1.43. The predicted octanol–water partition coefficient (Wildman–Crippen LogP) is 3.53. The number of carbonyl (C=O) groups excluding carboxylic acids is 2. The molecule has 3 aromatic rings. The van der Waals surface area contributed by atoms with Crippen LogP contribution in [0.15, 0.2) is 30.3 Å². The molecule has 3 N–H and O–H groups in total. The number of carbonyl (C=O) groups is 2. The molecule has 39 heavy (non-hydrogen) atoms. The molecule has 2 saturated heterocycles. The van der Waals surface area contributed by atoms with Crippen LogP contribution in [0.1, 0.15) is 45.5 Å². The Labute approximate surface area is 234 Å². The number of rotatable bonds is 7. The molecule has 2 aromatic heterocycles. The molecule has 10 nitrogen and oxygen atoms in total. The second-order valence-corrected chi connectivity index (χ2v) is 12.9. The zero-order valence-corrected chi connectivity index (χ0v) is 23.9. The number of aliphatic hydroxyl groups excluding tert-OH is 1. The fraction of sp³-hybridized carbons (Fsp3) is 0.444. The van der Waals surface area contributed by atoms with Crippen LogP contribution in [0.25, 0.3) is 11.3 Å². The summed E-state index contributed by atoms with van der Waals surface area (Å²) < 4.78 is 5.14. The van der Waals surface area contributed by atoms with Crippen molar-refractivity contribution in [3.8, 4) is 11.3 Å². The van der Waals surface area contributed by atoms with Gasteiger partial charge in [0, 0.05) is 43.4 Å². The molecule has 2 aliphatic rings. The van der Waals surface area contributed by atoms with E-state index in [9.17, 15) is 14.7 Å². The van der Waals surface area contributed by atoms with E-state index >= 15 is 0 Å². The second kappa shape index (κ2) is 12.4. The molecule has 0 amide bonds. The van der Waals surface area contributed by atoms with E-state index in [2.05, 4.69) is 20.5 Å². The summed E-state index contributed by atoms with van der Waals surface area (Å²) in [6.07, 6.45) is 1.05. The van der Waals surface area contributed by atoms with Crippen molar-refractivity contribution in [1.29, 1.82) is 0 Å². The number of benzene rings is 1. The minimum Gasteiger partial charge on any atom is -0.462 e. The highest BCUT2D eigenvalue weighted by atomic mass is 32.2. The first-order chi connectivity index (χ1) is 18.9. The molecule has 4 heterocycles. The number of aliphatic hydroxyl groups is 1. The van der Waals surface area contributed by atoms with E-state index < -0.39 is 16.9 Å². The third-order valence-corrected chi connectivity index (χ3v) is 10.2. The molecule has 0 unspecified atom stereocenters. The molecule has 2 aliphatic heterocycles. The van der Waals surface area contributed by atoms with Gasteiger partial charge in [0.05, 0.1) is 24.1 Å². The third-order valence-electron chi connectivity index (χ3n) is 6.81. The van der Waals surface area contributed by atoms with Gasteiger partial charge in [-0.2, -0.15) is 15.9 Å². The summed E-state index contributed by atoms with van der Waals surface area (Å²) in [5, 5.41) is 17.2. The van der Waals surface area contributed by atoms with Crippen molar-refractivity contribution < 1.29 is 19.4 Å². The number of ether oxygens (including phenoxy) is 1. The van der Waals surface area contributed by atoms with Gasteiger partial charge in [-0.1, -0.05) is 23.5 Å². The Morgan fingerprint density at radius 2 is 1.87 bits per heavy atom. The molecule has 0 saturated carbocycles. The minimum atomic E-state index is -0.635. The van der Waals surface area contributed by atoms with Crippen LogP contribution >= 0.6 is 22.2 Å². The molecule has 12 heteroatoms. The Kier molecular flexibility index (Phi) is 8.75. The lowest BCUT2D eigenvalue weighted by atomic mass is 10.1. The number of nitrogens with zero attached hydrogens (tertiary/aromatic N) is 4. The Morgan fingerprint density at radius 3 is 2.56 bits per heavy atom. The van der Waals surface area contributed by atoms with Crippen LogP contribution in [0.5, 0.6) is 0 Å². The minimum absolute atomic E-state index is 0.257. The standard InChI is InChI=1S/C27H34N6O4S2/c1-3-37-24(35)23-17(2)29-27(38-23)32-26-30-21(16-22(31-26)33-12-8-20(34)9-13-33)18-4-6-19(7-5-18)25(36)39-14-10-28-11-15-39/h4-7,16,20,28,34,39H,3,8-15H2,1-2H3,(H,29,30,31,32). The summed E-state index contributed by atoms with van der Waals surface area (Å²) in [6.45, 7) is 7.01. The van der Waals surface area contributed by atoms with Gasteiger partial charge in [-0.25, -0.2) is 14.8 Å². The third kappa shape index (κ3) is 6.57. The van der Waals surface area contributed by atoms with Crippen LogP contribution in [0, 0.1) is 6.92 Å². The van der Waals surface area contributed by atoms with Gasteiger partial charge in [0.2, 0.25) is 5.95 Å². The van der Waals surface area contributed by atoms with Crippen molar-refractivity contribution in [3.63, 3.8) is 0 Å². The molecule has 2 fully saturated rings. The monoisotopic (exact) mass is 570 g/mol. The summed E-state index contributed by atoms with van der Waals surface area (Å²) in [4.78, 5) is 41.8. The number of hydrogen-bond acceptors (Lipinski definition) is 11. The lowest BCUT2D eigenvalue weighted by molar-refractivity contribution is 0.0531. The average Bonchev–Trinajstić information content (AvgIpc) is 3.33. The zero-order valence-electron chi connectivity index (χ0n) is 22.1. The summed E-state index contributed by atoms with van der Waals surface area (Å²) in [6, 6.07) is 9.60. The largest absolute Gasteiger partial charge is 0.462 e. The first kappa shape index (κ1) is 27.5. The van der Waals surface area contributed by atoms with Crippen LogP contribution in [0.3, 0.4) is 0 Å². The van der Waals surface area contributed by atoms with Crippen molar-refractivity contribution >= 4 is 50.2 Å². The van der Waals surface area contributed by atoms with Crippen molar-refractivity contribution in [3.05, 3.63) is 46.5 Å². The maximum atomic E-state index is 13.0.